The molecule has 0 N–H and O–H groups in total. The number of hydrogen-bond donors (Lipinski definition) is 0. The van der Waals surface area contributed by atoms with Crippen LogP contribution in [0.2, 0.25) is 0 Å². The summed E-state index contributed by atoms with van der Waals surface area (Å²) in [6.07, 6.45) is 5.67. The molecule has 2 aromatic rings. The van der Waals surface area contributed by atoms with Crippen LogP contribution in [0.15, 0.2) is 71.8 Å². The minimum absolute atomic E-state index is 0.123. The summed E-state index contributed by atoms with van der Waals surface area (Å²) in [5, 5.41) is 6.33. The Hall–Kier alpha value is -2.76. The molecule has 1 saturated heterocycles. The molecule has 0 radical (unpaired) electrons. The van der Waals surface area contributed by atoms with Crippen LogP contribution in [-0.2, 0) is 4.79 Å². The summed E-state index contributed by atoms with van der Waals surface area (Å²) in [5.41, 5.74) is 3.36. The summed E-state index contributed by atoms with van der Waals surface area (Å²) in [6, 6.07) is 20.6. The average Bonchev–Trinajstić information content (AvgIpc) is 2.78. The van der Waals surface area contributed by atoms with Gasteiger partial charge in [0.25, 0.3) is 0 Å². The number of carbonyl (C=O) groups excluding carboxylic acids is 1. The van der Waals surface area contributed by atoms with Crippen LogP contribution in [0.25, 0.3) is 6.08 Å². The van der Waals surface area contributed by atoms with E-state index >= 15 is 0 Å². The summed E-state index contributed by atoms with van der Waals surface area (Å²) in [4.78, 5) is 17.1. The van der Waals surface area contributed by atoms with Crippen molar-refractivity contribution in [3.8, 4) is 0 Å². The lowest BCUT2D eigenvalue weighted by Gasteiger charge is -2.36. The Kier molecular flexibility index (Phi) is 6.49. The van der Waals surface area contributed by atoms with E-state index in [4.69, 9.17) is 0 Å². The average molecular weight is 389 g/mol. The predicted molar refractivity (Wildman–Crippen MR) is 117 cm³/mol. The Morgan fingerprint density at radius 2 is 1.48 bits per heavy atom. The second kappa shape index (κ2) is 9.63. The van der Waals surface area contributed by atoms with E-state index in [-0.39, 0.29) is 5.91 Å². The summed E-state index contributed by atoms with van der Waals surface area (Å²) in [7, 11) is 0. The lowest BCUT2D eigenvalue weighted by molar-refractivity contribution is -0.134. The second-order valence-corrected chi connectivity index (χ2v) is 7.58. The molecule has 5 nitrogen and oxygen atoms in total. The molecule has 4 rings (SSSR count). The van der Waals surface area contributed by atoms with Gasteiger partial charge in [0.1, 0.15) is 0 Å². The van der Waals surface area contributed by atoms with Crippen molar-refractivity contribution >= 4 is 17.7 Å². The van der Waals surface area contributed by atoms with Gasteiger partial charge >= 0.3 is 0 Å². The predicted octanol–water partition coefficient (Wildman–Crippen LogP) is 3.30. The van der Waals surface area contributed by atoms with Gasteiger partial charge in [0.05, 0.1) is 12.4 Å². The van der Waals surface area contributed by atoms with Crippen molar-refractivity contribution in [1.29, 1.82) is 0 Å². The Bertz CT molecular complexity index is 855. The van der Waals surface area contributed by atoms with E-state index < -0.39 is 0 Å². The van der Waals surface area contributed by atoms with Crippen molar-refractivity contribution in [3.63, 3.8) is 0 Å². The van der Waals surface area contributed by atoms with Crippen molar-refractivity contribution in [2.75, 3.05) is 39.4 Å². The number of hydrogen-bond acceptors (Lipinski definition) is 4. The second-order valence-electron chi connectivity index (χ2n) is 7.58. The van der Waals surface area contributed by atoms with Crippen LogP contribution >= 0.6 is 0 Å². The number of hydrazone groups is 1. The van der Waals surface area contributed by atoms with E-state index in [1.807, 2.05) is 24.3 Å². The molecule has 2 heterocycles. The van der Waals surface area contributed by atoms with Gasteiger partial charge in [-0.3, -0.25) is 14.6 Å². The summed E-state index contributed by atoms with van der Waals surface area (Å²) in [6.45, 7) is 5.48. The van der Waals surface area contributed by atoms with Crippen LogP contribution in [-0.4, -0.2) is 65.8 Å². The largest absolute Gasteiger partial charge is 0.297 e. The van der Waals surface area contributed by atoms with Gasteiger partial charge in [0.2, 0.25) is 5.91 Å². The molecule has 2 aromatic carbocycles. The van der Waals surface area contributed by atoms with E-state index in [0.717, 1.165) is 50.4 Å². The number of benzene rings is 2. The van der Waals surface area contributed by atoms with Crippen LogP contribution in [0.1, 0.15) is 24.0 Å². The number of amides is 1. The SMILES string of the molecule is O=C1CCC(c2ccccc2)=NN1CN1CCN(C/C=C/c2ccccc2)CC1. The lowest BCUT2D eigenvalue weighted by atomic mass is 10.0. The molecular weight excluding hydrogens is 360 g/mol. The molecule has 0 unspecified atom stereocenters. The minimum Gasteiger partial charge on any atom is -0.297 e. The van der Waals surface area contributed by atoms with E-state index in [9.17, 15) is 4.79 Å². The normalized spacial score (nSPS) is 19.0. The first-order valence-corrected chi connectivity index (χ1v) is 10.4. The molecule has 0 saturated carbocycles. The number of piperazine rings is 1. The standard InChI is InChI=1S/C24H28N4O/c29-24-14-13-23(22-11-5-2-6-12-22)25-28(24)20-27-18-16-26(17-19-27)15-7-10-21-8-3-1-4-9-21/h1-12H,13-20H2/b10-7+. The van der Waals surface area contributed by atoms with Crippen molar-refractivity contribution in [2.45, 2.75) is 12.8 Å². The first-order chi connectivity index (χ1) is 14.3. The topological polar surface area (TPSA) is 39.2 Å². The molecule has 2 aliphatic rings. The zero-order valence-corrected chi connectivity index (χ0v) is 16.8. The van der Waals surface area contributed by atoms with Crippen LogP contribution in [0.3, 0.4) is 0 Å². The molecule has 0 aromatic heterocycles. The number of nitrogens with zero attached hydrogens (tertiary/aromatic N) is 4. The van der Waals surface area contributed by atoms with Crippen molar-refractivity contribution in [2.24, 2.45) is 5.10 Å². The Labute approximate surface area is 172 Å². The molecule has 150 valence electrons. The van der Waals surface area contributed by atoms with Crippen molar-refractivity contribution in [3.05, 3.63) is 77.9 Å². The number of rotatable bonds is 6. The monoisotopic (exact) mass is 388 g/mol. The van der Waals surface area contributed by atoms with Gasteiger partial charge in [-0.05, 0) is 11.1 Å². The zero-order valence-electron chi connectivity index (χ0n) is 16.8. The van der Waals surface area contributed by atoms with Gasteiger partial charge in [0, 0.05) is 45.6 Å². The molecule has 2 aliphatic heterocycles. The van der Waals surface area contributed by atoms with Gasteiger partial charge in [0.15, 0.2) is 0 Å². The highest BCUT2D eigenvalue weighted by Crippen LogP contribution is 2.16. The lowest BCUT2D eigenvalue weighted by Crippen LogP contribution is -2.50. The molecule has 1 amide bonds. The van der Waals surface area contributed by atoms with E-state index in [2.05, 4.69) is 63.5 Å². The van der Waals surface area contributed by atoms with E-state index in [1.54, 1.807) is 5.01 Å². The van der Waals surface area contributed by atoms with Gasteiger partial charge in [-0.1, -0.05) is 72.8 Å². The maximum atomic E-state index is 12.4. The molecule has 0 spiro atoms. The minimum atomic E-state index is 0.123. The van der Waals surface area contributed by atoms with Gasteiger partial charge in [-0.25, -0.2) is 5.01 Å². The van der Waals surface area contributed by atoms with Crippen molar-refractivity contribution in [1.82, 2.24) is 14.8 Å². The highest BCUT2D eigenvalue weighted by molar-refractivity contribution is 6.04. The Morgan fingerprint density at radius 1 is 0.828 bits per heavy atom. The molecule has 0 aliphatic carbocycles. The summed E-state index contributed by atoms with van der Waals surface area (Å²) in [5.74, 6) is 0.123. The van der Waals surface area contributed by atoms with Crippen molar-refractivity contribution < 1.29 is 4.79 Å². The Morgan fingerprint density at radius 3 is 2.21 bits per heavy atom. The Balaban J connectivity index is 1.27. The van der Waals surface area contributed by atoms with E-state index in [0.29, 0.717) is 13.1 Å². The number of carbonyl (C=O) groups is 1. The first kappa shape index (κ1) is 19.6. The quantitative estimate of drug-likeness (QED) is 0.762. The smallest absolute Gasteiger partial charge is 0.244 e. The van der Waals surface area contributed by atoms with Crippen LogP contribution in [0.4, 0.5) is 0 Å². The van der Waals surface area contributed by atoms with E-state index in [1.165, 1.54) is 5.56 Å². The molecule has 29 heavy (non-hydrogen) atoms. The molecule has 1 fully saturated rings. The highest BCUT2D eigenvalue weighted by Gasteiger charge is 2.25. The van der Waals surface area contributed by atoms with Gasteiger partial charge in [-0.2, -0.15) is 5.10 Å². The maximum absolute atomic E-state index is 12.4. The summed E-state index contributed by atoms with van der Waals surface area (Å²) >= 11 is 0. The van der Waals surface area contributed by atoms with Gasteiger partial charge < -0.3 is 0 Å². The van der Waals surface area contributed by atoms with Gasteiger partial charge in [-0.15, -0.1) is 0 Å². The third-order valence-electron chi connectivity index (χ3n) is 5.48. The zero-order chi connectivity index (χ0) is 19.9. The molecule has 0 bridgehead atoms. The summed E-state index contributed by atoms with van der Waals surface area (Å²) < 4.78 is 0. The fourth-order valence-electron chi connectivity index (χ4n) is 3.75. The highest BCUT2D eigenvalue weighted by atomic mass is 16.2. The molecule has 5 heteroatoms. The third kappa shape index (κ3) is 5.40. The third-order valence-corrected chi connectivity index (χ3v) is 5.48. The molecular formula is C24H28N4O. The first-order valence-electron chi connectivity index (χ1n) is 10.4. The van der Waals surface area contributed by atoms with Crippen LogP contribution in [0.5, 0.6) is 0 Å². The fraction of sp³-hybridized carbons (Fsp3) is 0.333. The maximum Gasteiger partial charge on any atom is 0.244 e. The van der Waals surface area contributed by atoms with Crippen LogP contribution < -0.4 is 0 Å². The fourth-order valence-corrected chi connectivity index (χ4v) is 3.75. The van der Waals surface area contributed by atoms with Crippen LogP contribution in [0, 0.1) is 0 Å². The molecule has 0 atom stereocenters.